The predicted octanol–water partition coefficient (Wildman–Crippen LogP) is 2.51. The number of halogens is 1. The van der Waals surface area contributed by atoms with E-state index in [4.69, 9.17) is 16.3 Å². The Bertz CT molecular complexity index is 332. The number of rotatable bonds is 5. The van der Waals surface area contributed by atoms with Gasteiger partial charge >= 0.3 is 0 Å². The van der Waals surface area contributed by atoms with Crippen molar-refractivity contribution in [1.29, 1.82) is 0 Å². The molecule has 0 spiro atoms. The zero-order chi connectivity index (χ0) is 11.4. The second-order valence-corrected chi connectivity index (χ2v) is 5.29. The number of benzene rings is 1. The highest BCUT2D eigenvalue weighted by Gasteiger charge is 2.32. The molecule has 0 bridgehead atoms. The van der Waals surface area contributed by atoms with Gasteiger partial charge in [0.1, 0.15) is 0 Å². The normalized spacial score (nSPS) is 18.1. The minimum absolute atomic E-state index is 0.361. The zero-order valence-corrected chi connectivity index (χ0v) is 10.4. The summed E-state index contributed by atoms with van der Waals surface area (Å²) in [6.07, 6.45) is 1.05. The minimum atomic E-state index is 0.361. The molecule has 1 aromatic rings. The largest absolute Gasteiger partial charge is 0.380 e. The van der Waals surface area contributed by atoms with Gasteiger partial charge in [0.2, 0.25) is 0 Å². The first-order chi connectivity index (χ1) is 7.68. The van der Waals surface area contributed by atoms with Crippen molar-refractivity contribution in [2.45, 2.75) is 13.3 Å². The van der Waals surface area contributed by atoms with Gasteiger partial charge in [-0.25, -0.2) is 0 Å². The fraction of sp³-hybridized carbons (Fsp3) is 0.538. The first kappa shape index (κ1) is 11.9. The molecule has 0 atom stereocenters. The summed E-state index contributed by atoms with van der Waals surface area (Å²) in [7, 11) is 0. The predicted molar refractivity (Wildman–Crippen MR) is 67.0 cm³/mol. The lowest BCUT2D eigenvalue weighted by molar-refractivity contribution is -0.0988. The molecule has 1 aliphatic rings. The fourth-order valence-electron chi connectivity index (χ4n) is 1.83. The minimum Gasteiger partial charge on any atom is -0.380 e. The van der Waals surface area contributed by atoms with Crippen LogP contribution in [0, 0.1) is 5.41 Å². The molecule has 88 valence electrons. The van der Waals surface area contributed by atoms with Crippen molar-refractivity contribution in [3.05, 3.63) is 34.9 Å². The lowest BCUT2D eigenvalue weighted by Gasteiger charge is -2.38. The third kappa shape index (κ3) is 3.21. The van der Waals surface area contributed by atoms with E-state index >= 15 is 0 Å². The number of hydrogen-bond donors (Lipinski definition) is 1. The van der Waals surface area contributed by atoms with Crippen LogP contribution in [0.2, 0.25) is 5.02 Å². The molecule has 0 radical (unpaired) electrons. The van der Waals surface area contributed by atoms with Gasteiger partial charge < -0.3 is 10.1 Å². The second-order valence-electron chi connectivity index (χ2n) is 4.86. The highest BCUT2D eigenvalue weighted by Crippen LogP contribution is 2.24. The monoisotopic (exact) mass is 239 g/mol. The molecule has 1 heterocycles. The van der Waals surface area contributed by atoms with E-state index < -0.39 is 0 Å². The summed E-state index contributed by atoms with van der Waals surface area (Å²) in [6, 6.07) is 8.05. The summed E-state index contributed by atoms with van der Waals surface area (Å²) in [5, 5.41) is 4.28. The van der Waals surface area contributed by atoms with Crippen LogP contribution < -0.4 is 5.32 Å². The molecule has 1 aromatic carbocycles. The quantitative estimate of drug-likeness (QED) is 0.798. The standard InChI is InChI=1S/C13H18ClNO/c1-13(9-16-10-13)8-15-7-6-11-2-4-12(14)5-3-11/h2-5,15H,6-10H2,1H3. The summed E-state index contributed by atoms with van der Waals surface area (Å²) in [5.74, 6) is 0. The number of hydrogen-bond acceptors (Lipinski definition) is 2. The molecule has 2 nitrogen and oxygen atoms in total. The molecule has 0 amide bonds. The molecule has 3 heteroatoms. The number of nitrogens with one attached hydrogen (secondary N) is 1. The Kier molecular flexibility index (Phi) is 3.85. The van der Waals surface area contributed by atoms with E-state index in [1.807, 2.05) is 12.1 Å². The van der Waals surface area contributed by atoms with E-state index in [1.54, 1.807) is 0 Å². The topological polar surface area (TPSA) is 21.3 Å². The van der Waals surface area contributed by atoms with Gasteiger partial charge in [0.15, 0.2) is 0 Å². The Hall–Kier alpha value is -0.570. The Balaban J connectivity index is 1.66. The molecule has 1 N–H and O–H groups in total. The Morgan fingerprint density at radius 1 is 1.31 bits per heavy atom. The zero-order valence-electron chi connectivity index (χ0n) is 9.63. The van der Waals surface area contributed by atoms with Gasteiger partial charge in [0.25, 0.3) is 0 Å². The second kappa shape index (κ2) is 5.17. The molecule has 16 heavy (non-hydrogen) atoms. The van der Waals surface area contributed by atoms with Crippen molar-refractivity contribution < 1.29 is 4.74 Å². The maximum Gasteiger partial charge on any atom is 0.0554 e. The van der Waals surface area contributed by atoms with Crippen LogP contribution in [-0.4, -0.2) is 26.3 Å². The van der Waals surface area contributed by atoms with Gasteiger partial charge in [-0.3, -0.25) is 0 Å². The van der Waals surface area contributed by atoms with E-state index in [0.717, 1.165) is 37.7 Å². The third-order valence-electron chi connectivity index (χ3n) is 2.96. The van der Waals surface area contributed by atoms with Crippen molar-refractivity contribution in [1.82, 2.24) is 5.32 Å². The van der Waals surface area contributed by atoms with Crippen molar-refractivity contribution >= 4 is 11.6 Å². The summed E-state index contributed by atoms with van der Waals surface area (Å²) in [5.41, 5.74) is 1.69. The van der Waals surface area contributed by atoms with Gasteiger partial charge in [0, 0.05) is 17.0 Å². The molecular formula is C13H18ClNO. The van der Waals surface area contributed by atoms with Crippen LogP contribution in [0.5, 0.6) is 0 Å². The maximum atomic E-state index is 5.83. The highest BCUT2D eigenvalue weighted by molar-refractivity contribution is 6.30. The molecule has 0 unspecified atom stereocenters. The van der Waals surface area contributed by atoms with Crippen LogP contribution in [-0.2, 0) is 11.2 Å². The Morgan fingerprint density at radius 3 is 2.56 bits per heavy atom. The summed E-state index contributed by atoms with van der Waals surface area (Å²) < 4.78 is 5.21. The van der Waals surface area contributed by atoms with Crippen molar-refractivity contribution in [2.75, 3.05) is 26.3 Å². The molecule has 0 aliphatic carbocycles. The first-order valence-electron chi connectivity index (χ1n) is 5.71. The van der Waals surface area contributed by atoms with Crippen molar-refractivity contribution in [3.63, 3.8) is 0 Å². The smallest absolute Gasteiger partial charge is 0.0554 e. The molecule has 0 saturated carbocycles. The lowest BCUT2D eigenvalue weighted by atomic mass is 9.89. The average Bonchev–Trinajstić information content (AvgIpc) is 2.24. The van der Waals surface area contributed by atoms with Crippen LogP contribution in [0.1, 0.15) is 12.5 Å². The third-order valence-corrected chi connectivity index (χ3v) is 3.21. The molecule has 2 rings (SSSR count). The van der Waals surface area contributed by atoms with Gasteiger partial charge in [0.05, 0.1) is 13.2 Å². The van der Waals surface area contributed by atoms with Gasteiger partial charge in [-0.2, -0.15) is 0 Å². The van der Waals surface area contributed by atoms with E-state index in [-0.39, 0.29) is 0 Å². The lowest BCUT2D eigenvalue weighted by Crippen LogP contribution is -2.47. The maximum absolute atomic E-state index is 5.83. The highest BCUT2D eigenvalue weighted by atomic mass is 35.5. The van der Waals surface area contributed by atoms with E-state index in [1.165, 1.54) is 5.56 Å². The van der Waals surface area contributed by atoms with E-state index in [0.29, 0.717) is 5.41 Å². The van der Waals surface area contributed by atoms with Crippen LogP contribution in [0.25, 0.3) is 0 Å². The van der Waals surface area contributed by atoms with E-state index in [2.05, 4.69) is 24.4 Å². The number of ether oxygens (including phenoxy) is 1. The van der Waals surface area contributed by atoms with Crippen LogP contribution in [0.4, 0.5) is 0 Å². The first-order valence-corrected chi connectivity index (χ1v) is 6.09. The van der Waals surface area contributed by atoms with Crippen molar-refractivity contribution in [3.8, 4) is 0 Å². The van der Waals surface area contributed by atoms with Gasteiger partial charge in [-0.15, -0.1) is 0 Å². The van der Waals surface area contributed by atoms with Crippen molar-refractivity contribution in [2.24, 2.45) is 5.41 Å². The van der Waals surface area contributed by atoms with Gasteiger partial charge in [-0.1, -0.05) is 30.7 Å². The van der Waals surface area contributed by atoms with Gasteiger partial charge in [-0.05, 0) is 30.7 Å². The summed E-state index contributed by atoms with van der Waals surface area (Å²) in [4.78, 5) is 0. The van der Waals surface area contributed by atoms with Crippen LogP contribution >= 0.6 is 11.6 Å². The fourth-order valence-corrected chi connectivity index (χ4v) is 1.95. The average molecular weight is 240 g/mol. The summed E-state index contributed by atoms with van der Waals surface area (Å²) >= 11 is 5.83. The Morgan fingerprint density at radius 2 is 2.00 bits per heavy atom. The van der Waals surface area contributed by atoms with Crippen LogP contribution in [0.15, 0.2) is 24.3 Å². The molecule has 1 aliphatic heterocycles. The van der Waals surface area contributed by atoms with Crippen LogP contribution in [0.3, 0.4) is 0 Å². The summed E-state index contributed by atoms with van der Waals surface area (Å²) in [6.45, 7) is 6.09. The Labute approximate surface area is 102 Å². The molecule has 1 fully saturated rings. The molecule has 0 aromatic heterocycles. The van der Waals surface area contributed by atoms with E-state index in [9.17, 15) is 0 Å². The molecular weight excluding hydrogens is 222 g/mol. The SMILES string of the molecule is CC1(CNCCc2ccc(Cl)cc2)COC1. The molecule has 1 saturated heterocycles.